The molecule has 2 N–H and O–H groups in total. The SMILES string of the molecule is CC(C)n1ncnc1[S+]1C=C2CCC=c3cc(-c4cnn(CCO)c4)ccc3=C2N1. The van der Waals surface area contributed by atoms with Gasteiger partial charge >= 0.3 is 5.16 Å². The van der Waals surface area contributed by atoms with E-state index in [9.17, 15) is 0 Å². The Morgan fingerprint density at radius 2 is 2.13 bits per heavy atom. The number of rotatable bonds is 5. The van der Waals surface area contributed by atoms with Gasteiger partial charge in [0.05, 0.1) is 31.1 Å². The van der Waals surface area contributed by atoms with Crippen LogP contribution >= 0.6 is 0 Å². The fraction of sp³-hybridized carbons (Fsp3) is 0.318. The van der Waals surface area contributed by atoms with Gasteiger partial charge in [-0.05, 0) is 43.5 Å². The molecule has 0 amide bonds. The molecule has 1 atom stereocenters. The maximum absolute atomic E-state index is 9.12. The molecule has 8 heteroatoms. The van der Waals surface area contributed by atoms with Crippen molar-refractivity contribution >= 4 is 22.9 Å². The zero-order valence-corrected chi connectivity index (χ0v) is 17.9. The van der Waals surface area contributed by atoms with Gasteiger partial charge in [-0.3, -0.25) is 4.68 Å². The number of hydrogen-bond acceptors (Lipinski definition) is 5. The average Bonchev–Trinajstić information content (AvgIpc) is 3.46. The lowest BCUT2D eigenvalue weighted by atomic mass is 10.1. The third-order valence-corrected chi connectivity index (χ3v) is 7.04. The van der Waals surface area contributed by atoms with Gasteiger partial charge in [-0.15, -0.1) is 0 Å². The molecule has 154 valence electrons. The van der Waals surface area contributed by atoms with Gasteiger partial charge in [-0.2, -0.15) is 19.9 Å². The first-order valence-corrected chi connectivity index (χ1v) is 11.5. The minimum Gasteiger partial charge on any atom is -0.394 e. The van der Waals surface area contributed by atoms with Crippen LogP contribution in [0.2, 0.25) is 0 Å². The molecule has 2 aliphatic rings. The van der Waals surface area contributed by atoms with Crippen molar-refractivity contribution in [3.63, 3.8) is 0 Å². The van der Waals surface area contributed by atoms with E-state index in [2.05, 4.69) is 63.4 Å². The van der Waals surface area contributed by atoms with Crippen molar-refractivity contribution in [2.24, 2.45) is 0 Å². The number of aliphatic hydroxyl groups is 1. The summed E-state index contributed by atoms with van der Waals surface area (Å²) in [6.45, 7) is 4.86. The van der Waals surface area contributed by atoms with E-state index in [1.54, 1.807) is 11.0 Å². The van der Waals surface area contributed by atoms with E-state index in [0.717, 1.165) is 29.1 Å². The maximum atomic E-state index is 9.12. The van der Waals surface area contributed by atoms with Gasteiger partial charge < -0.3 is 5.11 Å². The minimum absolute atomic E-state index is 0.0880. The van der Waals surface area contributed by atoms with E-state index in [-0.39, 0.29) is 23.7 Å². The minimum atomic E-state index is -0.278. The molecular weight excluding hydrogens is 396 g/mol. The molecule has 0 saturated carbocycles. The second kappa shape index (κ2) is 7.77. The second-order valence-electron chi connectivity index (χ2n) is 7.80. The van der Waals surface area contributed by atoms with Gasteiger partial charge in [0, 0.05) is 22.6 Å². The number of aromatic nitrogens is 5. The van der Waals surface area contributed by atoms with Crippen molar-refractivity contribution in [1.29, 1.82) is 0 Å². The van der Waals surface area contributed by atoms with Crippen LogP contribution in [0.3, 0.4) is 0 Å². The highest BCUT2D eigenvalue weighted by molar-refractivity contribution is 7.98. The molecular formula is C22H25N6OS+. The van der Waals surface area contributed by atoms with E-state index >= 15 is 0 Å². The standard InChI is InChI=1S/C22H25N6OS/c1-15(2)28-22(23-14-25-28)30-13-18-5-3-4-17-10-16(6-7-20(17)21(18)26-30)19-11-24-27(12-19)8-9-29/h4,6-7,10-15,26,29H,3,5,8-9H2,1-2H3/q+1. The molecule has 3 aromatic rings. The van der Waals surface area contributed by atoms with Crippen LogP contribution in [0.1, 0.15) is 32.7 Å². The molecule has 0 spiro atoms. The molecule has 0 bridgehead atoms. The first kappa shape index (κ1) is 19.1. The Bertz CT molecular complexity index is 1240. The summed E-state index contributed by atoms with van der Waals surface area (Å²) >= 11 is -0.278. The predicted octanol–water partition coefficient (Wildman–Crippen LogP) is 1.48. The number of nitrogens with zero attached hydrogens (tertiary/aromatic N) is 5. The monoisotopic (exact) mass is 421 g/mol. The van der Waals surface area contributed by atoms with E-state index < -0.39 is 0 Å². The van der Waals surface area contributed by atoms with Crippen LogP contribution < -0.4 is 15.2 Å². The van der Waals surface area contributed by atoms with Crippen LogP contribution in [0.4, 0.5) is 0 Å². The van der Waals surface area contributed by atoms with Crippen LogP contribution in [0, 0.1) is 0 Å². The van der Waals surface area contributed by atoms with Crippen LogP contribution in [-0.4, -0.2) is 36.3 Å². The third-order valence-electron chi connectivity index (χ3n) is 5.41. The largest absolute Gasteiger partial charge is 0.394 e. The topological polar surface area (TPSA) is 80.8 Å². The number of benzene rings is 1. The van der Waals surface area contributed by atoms with Crippen LogP contribution in [0.25, 0.3) is 22.9 Å². The van der Waals surface area contributed by atoms with Gasteiger partial charge in [-0.25, -0.2) is 4.68 Å². The fourth-order valence-corrected chi connectivity index (χ4v) is 5.78. The molecule has 30 heavy (non-hydrogen) atoms. The Morgan fingerprint density at radius 3 is 2.97 bits per heavy atom. The molecule has 0 radical (unpaired) electrons. The summed E-state index contributed by atoms with van der Waals surface area (Å²) in [5.41, 5.74) is 4.77. The van der Waals surface area contributed by atoms with Gasteiger partial charge in [0.25, 0.3) is 0 Å². The summed E-state index contributed by atoms with van der Waals surface area (Å²) in [7, 11) is 0. The lowest BCUT2D eigenvalue weighted by molar-refractivity contribution is 0.269. The first-order valence-electron chi connectivity index (χ1n) is 10.2. The lowest BCUT2D eigenvalue weighted by Gasteiger charge is -2.06. The highest BCUT2D eigenvalue weighted by Crippen LogP contribution is 2.29. The summed E-state index contributed by atoms with van der Waals surface area (Å²) in [4.78, 5) is 4.54. The van der Waals surface area contributed by atoms with E-state index in [1.807, 2.05) is 17.1 Å². The number of aliphatic hydroxyl groups excluding tert-OH is 1. The zero-order chi connectivity index (χ0) is 20.7. The average molecular weight is 422 g/mol. The highest BCUT2D eigenvalue weighted by Gasteiger charge is 2.37. The molecule has 1 aromatic carbocycles. The van der Waals surface area contributed by atoms with Gasteiger partial charge in [-0.1, -0.05) is 18.2 Å². The van der Waals surface area contributed by atoms with Gasteiger partial charge in [0.1, 0.15) is 6.33 Å². The van der Waals surface area contributed by atoms with Crippen molar-refractivity contribution < 1.29 is 5.11 Å². The third kappa shape index (κ3) is 3.36. The Hall–Kier alpha value is -2.84. The molecule has 5 rings (SSSR count). The fourth-order valence-electron chi connectivity index (χ4n) is 3.93. The summed E-state index contributed by atoms with van der Waals surface area (Å²) < 4.78 is 7.50. The molecule has 0 fully saturated rings. The van der Waals surface area contributed by atoms with Crippen LogP contribution in [-0.2, 0) is 17.6 Å². The lowest BCUT2D eigenvalue weighted by Crippen LogP contribution is -2.32. The Labute approximate surface area is 177 Å². The molecule has 3 heterocycles. The van der Waals surface area contributed by atoms with Crippen LogP contribution in [0.15, 0.2) is 53.1 Å². The quantitative estimate of drug-likeness (QED) is 0.610. The number of nitrogens with one attached hydrogen (secondary N) is 1. The molecule has 2 aromatic heterocycles. The number of hydrogen-bond donors (Lipinski definition) is 2. The van der Waals surface area contributed by atoms with Crippen molar-refractivity contribution in [2.75, 3.05) is 6.61 Å². The number of fused-ring (bicyclic) bond motifs is 2. The maximum Gasteiger partial charge on any atom is 0.375 e. The molecule has 1 aliphatic carbocycles. The van der Waals surface area contributed by atoms with Crippen molar-refractivity contribution in [3.05, 3.63) is 58.3 Å². The Kier molecular flexibility index (Phi) is 4.96. The van der Waals surface area contributed by atoms with Gasteiger partial charge in [0.15, 0.2) is 5.41 Å². The second-order valence-corrected chi connectivity index (χ2v) is 9.28. The zero-order valence-electron chi connectivity index (χ0n) is 17.1. The van der Waals surface area contributed by atoms with E-state index in [4.69, 9.17) is 5.11 Å². The summed E-state index contributed by atoms with van der Waals surface area (Å²) in [5, 5.41) is 23.6. The van der Waals surface area contributed by atoms with Gasteiger partial charge in [0.2, 0.25) is 11.1 Å². The Morgan fingerprint density at radius 1 is 1.23 bits per heavy atom. The summed E-state index contributed by atoms with van der Waals surface area (Å²) in [6, 6.07) is 6.87. The smallest absolute Gasteiger partial charge is 0.375 e. The summed E-state index contributed by atoms with van der Waals surface area (Å²) in [6.07, 6.45) is 9.82. The normalized spacial score (nSPS) is 17.8. The highest BCUT2D eigenvalue weighted by atomic mass is 32.2. The van der Waals surface area contributed by atoms with Crippen molar-refractivity contribution in [1.82, 2.24) is 29.3 Å². The molecule has 0 saturated heterocycles. The van der Waals surface area contributed by atoms with Crippen LogP contribution in [0.5, 0.6) is 0 Å². The van der Waals surface area contributed by atoms with Crippen molar-refractivity contribution in [2.45, 2.75) is 44.4 Å². The van der Waals surface area contributed by atoms with E-state index in [0.29, 0.717) is 6.54 Å². The molecule has 1 aliphatic heterocycles. The molecule has 7 nitrogen and oxygen atoms in total. The van der Waals surface area contributed by atoms with E-state index in [1.165, 1.54) is 21.7 Å². The summed E-state index contributed by atoms with van der Waals surface area (Å²) in [5.74, 6) is 0. The molecule has 1 unspecified atom stereocenters. The first-order chi connectivity index (χ1) is 14.6. The van der Waals surface area contributed by atoms with Crippen molar-refractivity contribution in [3.8, 4) is 11.1 Å². The Balaban J connectivity index is 1.54. The predicted molar refractivity (Wildman–Crippen MR) is 118 cm³/mol.